The highest BCUT2D eigenvalue weighted by atomic mass is 32.1. The van der Waals surface area contributed by atoms with Crippen molar-refractivity contribution < 1.29 is 9.53 Å². The number of amides is 1. The molecule has 1 saturated heterocycles. The van der Waals surface area contributed by atoms with Crippen LogP contribution in [0.5, 0.6) is 0 Å². The number of hydrogen-bond donors (Lipinski definition) is 2. The molecule has 3 rings (SSSR count). The Morgan fingerprint density at radius 3 is 3.24 bits per heavy atom. The van der Waals surface area contributed by atoms with Gasteiger partial charge in [0.15, 0.2) is 0 Å². The largest absolute Gasteiger partial charge is 0.381 e. The van der Waals surface area contributed by atoms with E-state index in [4.69, 9.17) is 4.74 Å². The summed E-state index contributed by atoms with van der Waals surface area (Å²) in [6.07, 6.45) is 3.42. The first kappa shape index (κ1) is 14.3. The van der Waals surface area contributed by atoms with Crippen molar-refractivity contribution in [1.29, 1.82) is 0 Å². The Morgan fingerprint density at radius 1 is 1.62 bits per heavy atom. The van der Waals surface area contributed by atoms with E-state index in [0.717, 1.165) is 25.1 Å². The smallest absolute Gasteiger partial charge is 0.254 e. The van der Waals surface area contributed by atoms with Crippen molar-refractivity contribution in [2.45, 2.75) is 25.7 Å². The van der Waals surface area contributed by atoms with E-state index in [1.165, 1.54) is 10.4 Å². The minimum atomic E-state index is -0.0557. The number of hydrogen-bond acceptors (Lipinski definition) is 4. The lowest BCUT2D eigenvalue weighted by Gasteiger charge is -2.09. The van der Waals surface area contributed by atoms with Gasteiger partial charge in [-0.3, -0.25) is 9.89 Å². The second-order valence-corrected chi connectivity index (χ2v) is 6.29. The van der Waals surface area contributed by atoms with Crippen LogP contribution in [0.25, 0.3) is 0 Å². The quantitative estimate of drug-likeness (QED) is 0.890. The van der Waals surface area contributed by atoms with Crippen LogP contribution in [0.3, 0.4) is 0 Å². The maximum absolute atomic E-state index is 12.3. The summed E-state index contributed by atoms with van der Waals surface area (Å²) in [4.78, 5) is 13.6. The zero-order chi connectivity index (χ0) is 14.7. The van der Waals surface area contributed by atoms with Crippen molar-refractivity contribution in [1.82, 2.24) is 15.5 Å². The molecule has 0 aromatic carbocycles. The summed E-state index contributed by atoms with van der Waals surface area (Å²) < 4.78 is 5.38. The number of carbonyl (C=O) groups is 1. The van der Waals surface area contributed by atoms with Crippen LogP contribution in [0.15, 0.2) is 17.6 Å². The zero-order valence-corrected chi connectivity index (χ0v) is 12.8. The van der Waals surface area contributed by atoms with Gasteiger partial charge in [0.25, 0.3) is 5.91 Å². The Hall–Kier alpha value is -1.66. The van der Waals surface area contributed by atoms with E-state index in [1.54, 1.807) is 17.5 Å². The lowest BCUT2D eigenvalue weighted by atomic mass is 10.0. The molecule has 5 nitrogen and oxygen atoms in total. The fraction of sp³-hybridized carbons (Fsp3) is 0.467. The van der Waals surface area contributed by atoms with Gasteiger partial charge in [-0.25, -0.2) is 0 Å². The van der Waals surface area contributed by atoms with Crippen LogP contribution in [0.2, 0.25) is 0 Å². The van der Waals surface area contributed by atoms with E-state index in [9.17, 15) is 4.79 Å². The predicted octanol–water partition coefficient (Wildman–Crippen LogP) is 2.26. The van der Waals surface area contributed by atoms with Gasteiger partial charge in [0.05, 0.1) is 24.1 Å². The number of ether oxygens (including phenoxy) is 1. The lowest BCUT2D eigenvalue weighted by molar-refractivity contribution is 0.0952. The Labute approximate surface area is 127 Å². The molecule has 1 aliphatic heterocycles. The van der Waals surface area contributed by atoms with Gasteiger partial charge in [0.2, 0.25) is 0 Å². The molecule has 1 atom stereocenters. The van der Waals surface area contributed by atoms with Gasteiger partial charge in [0.1, 0.15) is 0 Å². The number of nitrogens with zero attached hydrogens (tertiary/aromatic N) is 1. The topological polar surface area (TPSA) is 67.0 Å². The Morgan fingerprint density at radius 2 is 2.52 bits per heavy atom. The van der Waals surface area contributed by atoms with Gasteiger partial charge in [-0.05, 0) is 36.8 Å². The van der Waals surface area contributed by atoms with Crippen molar-refractivity contribution in [3.05, 3.63) is 39.3 Å². The molecular weight excluding hydrogens is 286 g/mol. The Kier molecular flexibility index (Phi) is 4.36. The minimum Gasteiger partial charge on any atom is -0.381 e. The molecule has 1 aliphatic rings. The first-order valence-corrected chi connectivity index (χ1v) is 8.06. The molecule has 2 aromatic heterocycles. The fourth-order valence-corrected chi connectivity index (χ4v) is 3.51. The monoisotopic (exact) mass is 305 g/mol. The molecule has 0 radical (unpaired) electrons. The highest BCUT2D eigenvalue weighted by Gasteiger charge is 2.25. The van der Waals surface area contributed by atoms with Crippen molar-refractivity contribution in [3.63, 3.8) is 0 Å². The van der Waals surface area contributed by atoms with Gasteiger partial charge >= 0.3 is 0 Å². The summed E-state index contributed by atoms with van der Waals surface area (Å²) >= 11 is 1.74. The molecule has 2 N–H and O–H groups in total. The maximum Gasteiger partial charge on any atom is 0.254 e. The van der Waals surface area contributed by atoms with Crippen molar-refractivity contribution in [2.24, 2.45) is 0 Å². The van der Waals surface area contributed by atoms with Crippen LogP contribution in [0, 0.1) is 6.92 Å². The highest BCUT2D eigenvalue weighted by molar-refractivity contribution is 7.10. The summed E-state index contributed by atoms with van der Waals surface area (Å²) in [5, 5.41) is 12.0. The van der Waals surface area contributed by atoms with Crippen LogP contribution in [-0.4, -0.2) is 35.9 Å². The molecular formula is C15H19N3O2S. The molecule has 3 heterocycles. The summed E-state index contributed by atoms with van der Waals surface area (Å²) in [5.74, 6) is 0.202. The maximum atomic E-state index is 12.3. The van der Waals surface area contributed by atoms with E-state index >= 15 is 0 Å². The van der Waals surface area contributed by atoms with Gasteiger partial charge in [-0.15, -0.1) is 11.3 Å². The molecule has 21 heavy (non-hydrogen) atoms. The minimum absolute atomic E-state index is 0.0557. The number of thiophene rings is 1. The standard InChI is InChI=1S/C15H19N3O2S/c1-10-4-7-21-13(10)2-5-16-15(19)12-8-17-18-14(12)11-3-6-20-9-11/h4,7-8,11H,2-3,5-6,9H2,1H3,(H,16,19)(H,17,18)/t11-/m1/s1. The van der Waals surface area contributed by atoms with E-state index in [1.807, 2.05) is 0 Å². The second kappa shape index (κ2) is 6.41. The molecule has 1 fully saturated rings. The summed E-state index contributed by atoms with van der Waals surface area (Å²) in [6, 6.07) is 2.11. The highest BCUT2D eigenvalue weighted by Crippen LogP contribution is 2.26. The number of aromatic amines is 1. The zero-order valence-electron chi connectivity index (χ0n) is 12.0. The molecule has 6 heteroatoms. The molecule has 112 valence electrons. The first-order chi connectivity index (χ1) is 10.3. The van der Waals surface area contributed by atoms with Gasteiger partial charge < -0.3 is 10.1 Å². The summed E-state index contributed by atoms with van der Waals surface area (Å²) in [6.45, 7) is 4.16. The lowest BCUT2D eigenvalue weighted by Crippen LogP contribution is -2.26. The van der Waals surface area contributed by atoms with Crippen molar-refractivity contribution in [2.75, 3.05) is 19.8 Å². The van der Waals surface area contributed by atoms with E-state index < -0.39 is 0 Å². The Bertz CT molecular complexity index is 614. The molecule has 0 saturated carbocycles. The third-order valence-corrected chi connectivity index (χ3v) is 4.94. The first-order valence-electron chi connectivity index (χ1n) is 7.18. The molecule has 0 aliphatic carbocycles. The average Bonchev–Trinajstić information content (AvgIpc) is 3.19. The van der Waals surface area contributed by atoms with Crippen molar-refractivity contribution in [3.8, 4) is 0 Å². The van der Waals surface area contributed by atoms with Crippen LogP contribution < -0.4 is 5.32 Å². The third kappa shape index (κ3) is 3.16. The normalized spacial score (nSPS) is 18.0. The van der Waals surface area contributed by atoms with Gasteiger partial charge in [-0.2, -0.15) is 5.10 Å². The van der Waals surface area contributed by atoms with Crippen LogP contribution >= 0.6 is 11.3 Å². The molecule has 1 amide bonds. The molecule has 0 spiro atoms. The fourth-order valence-electron chi connectivity index (χ4n) is 2.60. The number of nitrogens with one attached hydrogen (secondary N) is 2. The number of aromatic nitrogens is 2. The van der Waals surface area contributed by atoms with Crippen LogP contribution in [0.4, 0.5) is 0 Å². The van der Waals surface area contributed by atoms with Crippen LogP contribution in [0.1, 0.15) is 38.8 Å². The molecule has 0 unspecified atom stereocenters. The predicted molar refractivity (Wildman–Crippen MR) is 81.9 cm³/mol. The number of carbonyl (C=O) groups excluding carboxylic acids is 1. The van der Waals surface area contributed by atoms with Gasteiger partial charge in [-0.1, -0.05) is 0 Å². The summed E-state index contributed by atoms with van der Waals surface area (Å²) in [5.41, 5.74) is 2.84. The molecule has 0 bridgehead atoms. The van der Waals surface area contributed by atoms with Crippen LogP contribution in [-0.2, 0) is 11.2 Å². The SMILES string of the molecule is Cc1ccsc1CCNC(=O)c1cn[nH]c1[C@@H]1CCOC1. The van der Waals surface area contributed by atoms with E-state index in [0.29, 0.717) is 18.7 Å². The Balaban J connectivity index is 1.58. The number of H-pyrrole nitrogens is 1. The summed E-state index contributed by atoms with van der Waals surface area (Å²) in [7, 11) is 0. The average molecular weight is 305 g/mol. The van der Waals surface area contributed by atoms with E-state index in [-0.39, 0.29) is 11.8 Å². The van der Waals surface area contributed by atoms with Crippen molar-refractivity contribution >= 4 is 17.2 Å². The number of rotatable bonds is 5. The van der Waals surface area contributed by atoms with E-state index in [2.05, 4.69) is 33.9 Å². The number of aryl methyl sites for hydroxylation is 1. The molecule has 2 aromatic rings. The second-order valence-electron chi connectivity index (χ2n) is 5.29. The van der Waals surface area contributed by atoms with Gasteiger partial charge in [0, 0.05) is 23.9 Å². The third-order valence-electron chi connectivity index (χ3n) is 3.86.